The zero-order valence-electron chi connectivity index (χ0n) is 9.42. The molecule has 2 heterocycles. The molecule has 2 aromatic heterocycles. The van der Waals surface area contributed by atoms with E-state index in [2.05, 4.69) is 17.0 Å². The Kier molecular flexibility index (Phi) is 3.36. The van der Waals surface area contributed by atoms with Crippen molar-refractivity contribution in [2.24, 2.45) is 7.05 Å². The van der Waals surface area contributed by atoms with E-state index in [4.69, 9.17) is 0 Å². The van der Waals surface area contributed by atoms with Crippen molar-refractivity contribution < 1.29 is 5.11 Å². The van der Waals surface area contributed by atoms with Crippen LogP contribution in [-0.2, 0) is 19.9 Å². The first-order valence-corrected chi connectivity index (χ1v) is 6.18. The molecule has 0 bridgehead atoms. The smallest absolute Gasteiger partial charge is 0.102 e. The van der Waals surface area contributed by atoms with Gasteiger partial charge >= 0.3 is 0 Å². The Bertz CT molecular complexity index is 450. The highest BCUT2D eigenvalue weighted by atomic mass is 32.1. The first-order valence-electron chi connectivity index (χ1n) is 5.30. The van der Waals surface area contributed by atoms with Gasteiger partial charge in [-0.3, -0.25) is 4.68 Å². The van der Waals surface area contributed by atoms with E-state index < -0.39 is 6.10 Å². The number of aliphatic hydroxyl groups is 1. The average Bonchev–Trinajstić information content (AvgIpc) is 2.87. The van der Waals surface area contributed by atoms with Crippen molar-refractivity contribution in [1.29, 1.82) is 0 Å². The summed E-state index contributed by atoms with van der Waals surface area (Å²) in [6.45, 7) is 2.05. The van der Waals surface area contributed by atoms with Gasteiger partial charge in [-0.2, -0.15) is 5.10 Å². The van der Waals surface area contributed by atoms with Crippen molar-refractivity contribution in [1.82, 2.24) is 14.8 Å². The molecule has 0 fully saturated rings. The molecule has 1 atom stereocenters. The van der Waals surface area contributed by atoms with Gasteiger partial charge in [-0.25, -0.2) is 4.98 Å². The van der Waals surface area contributed by atoms with Gasteiger partial charge in [-0.1, -0.05) is 6.92 Å². The van der Waals surface area contributed by atoms with Crippen LogP contribution in [0.1, 0.15) is 29.4 Å². The van der Waals surface area contributed by atoms with Crippen LogP contribution in [0, 0.1) is 0 Å². The topological polar surface area (TPSA) is 50.9 Å². The highest BCUT2D eigenvalue weighted by Gasteiger charge is 2.15. The van der Waals surface area contributed by atoms with E-state index >= 15 is 0 Å². The lowest BCUT2D eigenvalue weighted by atomic mass is 10.1. The SMILES string of the molecule is CCc1cc(C(O)Cc2nccs2)n(C)n1. The first-order chi connectivity index (χ1) is 7.70. The molecule has 0 aliphatic rings. The summed E-state index contributed by atoms with van der Waals surface area (Å²) < 4.78 is 1.75. The van der Waals surface area contributed by atoms with Crippen molar-refractivity contribution in [2.75, 3.05) is 0 Å². The van der Waals surface area contributed by atoms with Gasteiger partial charge in [-0.15, -0.1) is 11.3 Å². The maximum Gasteiger partial charge on any atom is 0.102 e. The lowest BCUT2D eigenvalue weighted by molar-refractivity contribution is 0.168. The number of aliphatic hydroxyl groups excluding tert-OH is 1. The fourth-order valence-electron chi connectivity index (χ4n) is 1.65. The molecular weight excluding hydrogens is 222 g/mol. The molecule has 0 saturated heterocycles. The molecule has 0 aromatic carbocycles. The Morgan fingerprint density at radius 1 is 1.56 bits per heavy atom. The molecule has 16 heavy (non-hydrogen) atoms. The van der Waals surface area contributed by atoms with Gasteiger partial charge in [0.2, 0.25) is 0 Å². The van der Waals surface area contributed by atoms with E-state index in [1.165, 1.54) is 0 Å². The number of hydrogen-bond acceptors (Lipinski definition) is 4. The summed E-state index contributed by atoms with van der Waals surface area (Å²) in [6.07, 6.45) is 2.68. The number of thiazole rings is 1. The lowest BCUT2D eigenvalue weighted by Crippen LogP contribution is -2.07. The van der Waals surface area contributed by atoms with Crippen LogP contribution in [0.3, 0.4) is 0 Å². The average molecular weight is 237 g/mol. The molecule has 0 amide bonds. The molecule has 0 spiro atoms. The minimum absolute atomic E-state index is 0.524. The van der Waals surface area contributed by atoms with Gasteiger partial charge in [0, 0.05) is 25.0 Å². The zero-order valence-corrected chi connectivity index (χ0v) is 10.2. The molecule has 1 unspecified atom stereocenters. The van der Waals surface area contributed by atoms with Crippen molar-refractivity contribution in [3.8, 4) is 0 Å². The maximum absolute atomic E-state index is 10.1. The Balaban J connectivity index is 2.14. The number of hydrogen-bond donors (Lipinski definition) is 1. The fourth-order valence-corrected chi connectivity index (χ4v) is 2.31. The lowest BCUT2D eigenvalue weighted by Gasteiger charge is -2.08. The van der Waals surface area contributed by atoms with Crippen LogP contribution in [-0.4, -0.2) is 19.9 Å². The third-order valence-corrected chi connectivity index (χ3v) is 3.32. The molecule has 0 saturated carbocycles. The molecule has 2 rings (SSSR count). The number of aromatic nitrogens is 3. The summed E-state index contributed by atoms with van der Waals surface area (Å²) in [6, 6.07) is 1.96. The number of aryl methyl sites for hydroxylation is 2. The third-order valence-electron chi connectivity index (χ3n) is 2.52. The highest BCUT2D eigenvalue weighted by molar-refractivity contribution is 7.09. The fraction of sp³-hybridized carbons (Fsp3) is 0.455. The molecule has 0 aliphatic carbocycles. The van der Waals surface area contributed by atoms with Crippen LogP contribution in [0.5, 0.6) is 0 Å². The van der Waals surface area contributed by atoms with Crippen LogP contribution >= 0.6 is 11.3 Å². The monoisotopic (exact) mass is 237 g/mol. The number of rotatable bonds is 4. The quantitative estimate of drug-likeness (QED) is 0.880. The Hall–Kier alpha value is -1.20. The van der Waals surface area contributed by atoms with Gasteiger partial charge in [0.15, 0.2) is 0 Å². The van der Waals surface area contributed by atoms with Crippen LogP contribution in [0.25, 0.3) is 0 Å². The van der Waals surface area contributed by atoms with Gasteiger partial charge in [0.25, 0.3) is 0 Å². The second kappa shape index (κ2) is 4.76. The third kappa shape index (κ3) is 2.31. The Morgan fingerprint density at radius 3 is 2.94 bits per heavy atom. The van der Waals surface area contributed by atoms with Crippen molar-refractivity contribution in [2.45, 2.75) is 25.9 Å². The minimum Gasteiger partial charge on any atom is -0.386 e. The van der Waals surface area contributed by atoms with Crippen LogP contribution in [0.4, 0.5) is 0 Å². The van der Waals surface area contributed by atoms with E-state index in [1.54, 1.807) is 22.2 Å². The zero-order chi connectivity index (χ0) is 11.5. The van der Waals surface area contributed by atoms with E-state index in [0.29, 0.717) is 6.42 Å². The van der Waals surface area contributed by atoms with E-state index in [0.717, 1.165) is 22.8 Å². The predicted octanol–water partition coefficient (Wildman–Crippen LogP) is 1.72. The summed E-state index contributed by atoms with van der Waals surface area (Å²) in [7, 11) is 1.86. The summed E-state index contributed by atoms with van der Waals surface area (Å²) in [4.78, 5) is 4.17. The molecular formula is C11H15N3OS. The second-order valence-corrected chi connectivity index (χ2v) is 4.66. The van der Waals surface area contributed by atoms with Crippen molar-refractivity contribution in [3.05, 3.63) is 34.0 Å². The second-order valence-electron chi connectivity index (χ2n) is 3.68. The van der Waals surface area contributed by atoms with Crippen LogP contribution in [0.15, 0.2) is 17.6 Å². The van der Waals surface area contributed by atoms with Gasteiger partial charge in [0.05, 0.1) is 16.4 Å². The van der Waals surface area contributed by atoms with Gasteiger partial charge in [-0.05, 0) is 12.5 Å². The summed E-state index contributed by atoms with van der Waals surface area (Å²) in [5.74, 6) is 0. The van der Waals surface area contributed by atoms with E-state index in [1.807, 2.05) is 18.5 Å². The summed E-state index contributed by atoms with van der Waals surface area (Å²) in [5, 5.41) is 17.3. The van der Waals surface area contributed by atoms with E-state index in [9.17, 15) is 5.11 Å². The molecule has 1 N–H and O–H groups in total. The summed E-state index contributed by atoms with van der Waals surface area (Å²) >= 11 is 1.56. The number of nitrogens with zero attached hydrogens (tertiary/aromatic N) is 3. The highest BCUT2D eigenvalue weighted by Crippen LogP contribution is 2.20. The largest absolute Gasteiger partial charge is 0.386 e. The Morgan fingerprint density at radius 2 is 2.38 bits per heavy atom. The molecule has 5 heteroatoms. The van der Waals surface area contributed by atoms with Crippen molar-refractivity contribution >= 4 is 11.3 Å². The molecule has 0 radical (unpaired) electrons. The molecule has 0 aliphatic heterocycles. The minimum atomic E-state index is -0.524. The molecule has 86 valence electrons. The maximum atomic E-state index is 10.1. The standard InChI is InChI=1S/C11H15N3OS/c1-3-8-6-9(14(2)13-8)10(15)7-11-12-4-5-16-11/h4-6,10,15H,3,7H2,1-2H3. The van der Waals surface area contributed by atoms with Gasteiger partial charge < -0.3 is 5.11 Å². The molecule has 2 aromatic rings. The first kappa shape index (κ1) is 11.3. The normalized spacial score (nSPS) is 12.9. The van der Waals surface area contributed by atoms with Crippen LogP contribution < -0.4 is 0 Å². The van der Waals surface area contributed by atoms with Crippen LogP contribution in [0.2, 0.25) is 0 Å². The predicted molar refractivity (Wildman–Crippen MR) is 63.4 cm³/mol. The van der Waals surface area contributed by atoms with Crippen molar-refractivity contribution in [3.63, 3.8) is 0 Å². The summed E-state index contributed by atoms with van der Waals surface area (Å²) in [5.41, 5.74) is 1.86. The van der Waals surface area contributed by atoms with Gasteiger partial charge in [0.1, 0.15) is 6.10 Å². The molecule has 4 nitrogen and oxygen atoms in total. The Labute approximate surface area is 98.6 Å². The van der Waals surface area contributed by atoms with E-state index in [-0.39, 0.29) is 0 Å².